The van der Waals surface area contributed by atoms with Crippen molar-refractivity contribution < 1.29 is 9.15 Å². The normalized spacial score (nSPS) is 19.1. The van der Waals surface area contributed by atoms with Gasteiger partial charge in [0.15, 0.2) is 0 Å². The van der Waals surface area contributed by atoms with E-state index in [1.165, 1.54) is 5.56 Å². The van der Waals surface area contributed by atoms with Crippen LogP contribution < -0.4 is 10.1 Å². The monoisotopic (exact) mass is 271 g/mol. The molecule has 3 rings (SSSR count). The van der Waals surface area contributed by atoms with Crippen molar-refractivity contribution in [3.63, 3.8) is 0 Å². The summed E-state index contributed by atoms with van der Waals surface area (Å²) in [6.45, 7) is 3.95. The third-order valence-electron chi connectivity index (χ3n) is 3.87. The smallest absolute Gasteiger partial charge is 0.122 e. The molecule has 2 atom stereocenters. The van der Waals surface area contributed by atoms with Crippen molar-refractivity contribution in [2.24, 2.45) is 0 Å². The average molecular weight is 271 g/mol. The van der Waals surface area contributed by atoms with Crippen molar-refractivity contribution in [3.8, 4) is 5.75 Å². The second-order valence-corrected chi connectivity index (χ2v) is 5.23. The fourth-order valence-electron chi connectivity index (χ4n) is 2.93. The number of para-hydroxylation sites is 1. The topological polar surface area (TPSA) is 34.4 Å². The van der Waals surface area contributed by atoms with Crippen molar-refractivity contribution in [2.75, 3.05) is 13.2 Å². The van der Waals surface area contributed by atoms with Crippen LogP contribution in [0.15, 0.2) is 47.1 Å². The van der Waals surface area contributed by atoms with Gasteiger partial charge in [-0.05, 0) is 43.1 Å². The number of hydrogen-bond donors (Lipinski definition) is 1. The van der Waals surface area contributed by atoms with Crippen LogP contribution in [0, 0.1) is 0 Å². The Morgan fingerprint density at radius 2 is 2.15 bits per heavy atom. The second kappa shape index (κ2) is 6.14. The van der Waals surface area contributed by atoms with Crippen LogP contribution in [-0.4, -0.2) is 13.2 Å². The summed E-state index contributed by atoms with van der Waals surface area (Å²) >= 11 is 0. The van der Waals surface area contributed by atoms with Crippen LogP contribution in [0.1, 0.15) is 43.0 Å². The van der Waals surface area contributed by atoms with E-state index in [1.54, 1.807) is 6.26 Å². The molecule has 3 nitrogen and oxygen atoms in total. The lowest BCUT2D eigenvalue weighted by molar-refractivity contribution is 0.236. The Balaban J connectivity index is 1.92. The Morgan fingerprint density at radius 3 is 2.95 bits per heavy atom. The van der Waals surface area contributed by atoms with Crippen LogP contribution >= 0.6 is 0 Å². The molecule has 0 spiro atoms. The molecule has 20 heavy (non-hydrogen) atoms. The molecule has 0 amide bonds. The maximum absolute atomic E-state index is 5.77. The Morgan fingerprint density at radius 1 is 1.25 bits per heavy atom. The molecule has 0 saturated heterocycles. The van der Waals surface area contributed by atoms with Gasteiger partial charge in [-0.1, -0.05) is 25.1 Å². The van der Waals surface area contributed by atoms with Gasteiger partial charge >= 0.3 is 0 Å². The molecule has 3 heteroatoms. The summed E-state index contributed by atoms with van der Waals surface area (Å²) in [5, 5.41) is 3.63. The molecule has 1 aliphatic rings. The Labute approximate surface area is 119 Å². The van der Waals surface area contributed by atoms with Gasteiger partial charge in [0.2, 0.25) is 0 Å². The molecule has 0 fully saturated rings. The first-order chi connectivity index (χ1) is 9.90. The second-order valence-electron chi connectivity index (χ2n) is 5.23. The largest absolute Gasteiger partial charge is 0.493 e. The maximum Gasteiger partial charge on any atom is 0.122 e. The molecule has 0 saturated carbocycles. The molecule has 1 N–H and O–H groups in total. The number of hydrogen-bond acceptors (Lipinski definition) is 3. The van der Waals surface area contributed by atoms with E-state index in [0.29, 0.717) is 5.92 Å². The van der Waals surface area contributed by atoms with Gasteiger partial charge in [0.05, 0.1) is 18.9 Å². The third-order valence-corrected chi connectivity index (χ3v) is 3.87. The van der Waals surface area contributed by atoms with Crippen LogP contribution in [0.4, 0.5) is 0 Å². The summed E-state index contributed by atoms with van der Waals surface area (Å²) < 4.78 is 11.4. The van der Waals surface area contributed by atoms with E-state index >= 15 is 0 Å². The molecule has 1 aromatic carbocycles. The Hall–Kier alpha value is -1.74. The van der Waals surface area contributed by atoms with Gasteiger partial charge in [-0.3, -0.25) is 0 Å². The number of rotatable bonds is 5. The molecule has 0 radical (unpaired) electrons. The van der Waals surface area contributed by atoms with Gasteiger partial charge in [0.25, 0.3) is 0 Å². The molecule has 2 unspecified atom stereocenters. The lowest BCUT2D eigenvalue weighted by Gasteiger charge is -2.32. The molecule has 2 aromatic rings. The minimum atomic E-state index is 0.218. The first-order valence-corrected chi connectivity index (χ1v) is 7.38. The summed E-state index contributed by atoms with van der Waals surface area (Å²) in [6, 6.07) is 12.6. The van der Waals surface area contributed by atoms with Crippen molar-refractivity contribution in [1.82, 2.24) is 5.32 Å². The van der Waals surface area contributed by atoms with E-state index in [1.807, 2.05) is 12.1 Å². The zero-order valence-corrected chi connectivity index (χ0v) is 11.8. The number of benzene rings is 1. The average Bonchev–Trinajstić information content (AvgIpc) is 3.02. The molecule has 1 aromatic heterocycles. The van der Waals surface area contributed by atoms with Crippen LogP contribution in [0.2, 0.25) is 0 Å². The minimum Gasteiger partial charge on any atom is -0.493 e. The Bertz CT molecular complexity index is 536. The van der Waals surface area contributed by atoms with Gasteiger partial charge in [-0.15, -0.1) is 0 Å². The Kier molecular flexibility index (Phi) is 4.07. The minimum absolute atomic E-state index is 0.218. The van der Waals surface area contributed by atoms with Gasteiger partial charge in [0, 0.05) is 5.92 Å². The van der Waals surface area contributed by atoms with Crippen LogP contribution in [-0.2, 0) is 0 Å². The number of ether oxygens (including phenoxy) is 1. The summed E-state index contributed by atoms with van der Waals surface area (Å²) in [7, 11) is 0. The van der Waals surface area contributed by atoms with Gasteiger partial charge in [-0.25, -0.2) is 0 Å². The molecule has 2 heterocycles. The van der Waals surface area contributed by atoms with Gasteiger partial charge in [0.1, 0.15) is 11.5 Å². The van der Waals surface area contributed by atoms with Crippen molar-refractivity contribution in [2.45, 2.75) is 31.7 Å². The van der Waals surface area contributed by atoms with E-state index < -0.39 is 0 Å². The highest BCUT2D eigenvalue weighted by molar-refractivity contribution is 5.39. The fourth-order valence-corrected chi connectivity index (χ4v) is 2.93. The summed E-state index contributed by atoms with van der Waals surface area (Å²) in [4.78, 5) is 0. The van der Waals surface area contributed by atoms with Gasteiger partial charge < -0.3 is 14.5 Å². The quantitative estimate of drug-likeness (QED) is 0.896. The van der Waals surface area contributed by atoms with E-state index in [0.717, 1.165) is 37.5 Å². The molecule has 0 bridgehead atoms. The standard InChI is InChI=1S/C17H21NO2/c1-2-10-18-17(16-8-5-11-19-16)14-9-12-20-15-7-4-3-6-13(14)15/h3-8,11,14,17-18H,2,9-10,12H2,1H3. The zero-order valence-electron chi connectivity index (χ0n) is 11.8. The first-order valence-electron chi connectivity index (χ1n) is 7.38. The molecule has 1 aliphatic heterocycles. The fraction of sp³-hybridized carbons (Fsp3) is 0.412. The van der Waals surface area contributed by atoms with E-state index in [4.69, 9.17) is 9.15 Å². The predicted octanol–water partition coefficient (Wildman–Crippen LogP) is 3.89. The predicted molar refractivity (Wildman–Crippen MR) is 79.0 cm³/mol. The van der Waals surface area contributed by atoms with Crippen LogP contribution in [0.5, 0.6) is 5.75 Å². The number of furan rings is 1. The SMILES string of the molecule is CCCNC(c1ccco1)C1CCOc2ccccc21. The zero-order chi connectivity index (χ0) is 13.8. The summed E-state index contributed by atoms with van der Waals surface area (Å²) in [5.41, 5.74) is 1.28. The summed E-state index contributed by atoms with van der Waals surface area (Å²) in [6.07, 6.45) is 3.88. The van der Waals surface area contributed by atoms with Crippen molar-refractivity contribution in [1.29, 1.82) is 0 Å². The highest BCUT2D eigenvalue weighted by atomic mass is 16.5. The number of fused-ring (bicyclic) bond motifs is 1. The summed E-state index contributed by atoms with van der Waals surface area (Å²) in [5.74, 6) is 2.43. The molecule has 106 valence electrons. The molecular weight excluding hydrogens is 250 g/mol. The van der Waals surface area contributed by atoms with E-state index in [2.05, 4.69) is 36.5 Å². The molecular formula is C17H21NO2. The lowest BCUT2D eigenvalue weighted by atomic mass is 9.85. The van der Waals surface area contributed by atoms with Crippen LogP contribution in [0.3, 0.4) is 0 Å². The van der Waals surface area contributed by atoms with Gasteiger partial charge in [-0.2, -0.15) is 0 Å². The highest BCUT2D eigenvalue weighted by Gasteiger charge is 2.31. The third kappa shape index (κ3) is 2.59. The lowest BCUT2D eigenvalue weighted by Crippen LogP contribution is -2.30. The van der Waals surface area contributed by atoms with Crippen molar-refractivity contribution >= 4 is 0 Å². The molecule has 0 aliphatic carbocycles. The first kappa shape index (κ1) is 13.3. The van der Waals surface area contributed by atoms with E-state index in [9.17, 15) is 0 Å². The maximum atomic E-state index is 5.77. The van der Waals surface area contributed by atoms with Crippen LogP contribution in [0.25, 0.3) is 0 Å². The highest BCUT2D eigenvalue weighted by Crippen LogP contribution is 2.41. The van der Waals surface area contributed by atoms with E-state index in [-0.39, 0.29) is 6.04 Å². The number of nitrogens with one attached hydrogen (secondary N) is 1. The van der Waals surface area contributed by atoms with Crippen molar-refractivity contribution in [3.05, 3.63) is 54.0 Å².